The lowest BCUT2D eigenvalue weighted by Gasteiger charge is -2.42. The zero-order valence-electron chi connectivity index (χ0n) is 19.8. The Bertz CT molecular complexity index is 1080. The van der Waals surface area contributed by atoms with Gasteiger partial charge < -0.3 is 4.90 Å². The number of carbonyl (C=O) groups is 2. The van der Waals surface area contributed by atoms with E-state index in [-0.39, 0.29) is 24.2 Å². The quantitative estimate of drug-likeness (QED) is 0.633. The van der Waals surface area contributed by atoms with E-state index in [2.05, 4.69) is 27.8 Å². The standard InChI is InChI=1S/C27H32N4O2/c1-18-7-8-23(15-29-18)26(32)13-24-11-21(14-28)12-25(20(24)3)17-30-9-10-31(19(2)16-30)27(33)22-5-4-6-22/h7-8,11-12,15,19,22H,4-6,9-10,13,16-17H2,1-3H3/t19-/m0/s1. The highest BCUT2D eigenvalue weighted by Crippen LogP contribution is 2.30. The number of nitrogens with zero attached hydrogens (tertiary/aromatic N) is 4. The predicted molar refractivity (Wildman–Crippen MR) is 127 cm³/mol. The molecule has 33 heavy (non-hydrogen) atoms. The minimum Gasteiger partial charge on any atom is -0.337 e. The van der Waals surface area contributed by atoms with Gasteiger partial charge in [-0.05, 0) is 74.6 Å². The molecule has 0 unspecified atom stereocenters. The Hall–Kier alpha value is -3.04. The van der Waals surface area contributed by atoms with Gasteiger partial charge in [0, 0.05) is 62.0 Å². The number of pyridine rings is 1. The van der Waals surface area contributed by atoms with Crippen molar-refractivity contribution in [2.75, 3.05) is 19.6 Å². The highest BCUT2D eigenvalue weighted by Gasteiger charge is 2.34. The zero-order chi connectivity index (χ0) is 23.5. The van der Waals surface area contributed by atoms with Crippen LogP contribution < -0.4 is 0 Å². The number of Topliss-reactive ketones (excluding diaryl/α,β-unsaturated/α-hetero) is 1. The lowest BCUT2D eigenvalue weighted by molar-refractivity contribution is -0.142. The third kappa shape index (κ3) is 5.15. The molecule has 0 N–H and O–H groups in total. The van der Waals surface area contributed by atoms with Crippen molar-refractivity contribution in [2.24, 2.45) is 5.92 Å². The molecule has 4 rings (SSSR count). The van der Waals surface area contributed by atoms with Crippen LogP contribution in [0.1, 0.15) is 64.5 Å². The summed E-state index contributed by atoms with van der Waals surface area (Å²) >= 11 is 0. The Kier molecular flexibility index (Phi) is 6.90. The Labute approximate surface area is 196 Å². The van der Waals surface area contributed by atoms with Crippen molar-refractivity contribution in [1.82, 2.24) is 14.8 Å². The second kappa shape index (κ2) is 9.84. The summed E-state index contributed by atoms with van der Waals surface area (Å²) < 4.78 is 0. The number of amides is 1. The second-order valence-electron chi connectivity index (χ2n) is 9.56. The van der Waals surface area contributed by atoms with Gasteiger partial charge in [-0.2, -0.15) is 5.26 Å². The summed E-state index contributed by atoms with van der Waals surface area (Å²) in [5, 5.41) is 9.58. The van der Waals surface area contributed by atoms with E-state index in [1.807, 2.05) is 32.0 Å². The minimum atomic E-state index is 0.00313. The van der Waals surface area contributed by atoms with Crippen molar-refractivity contribution in [2.45, 2.75) is 59.0 Å². The number of hydrogen-bond donors (Lipinski definition) is 0. The molecule has 1 aliphatic heterocycles. The molecule has 0 radical (unpaired) electrons. The maximum atomic E-state index is 12.8. The Morgan fingerprint density at radius 2 is 1.91 bits per heavy atom. The molecule has 1 saturated carbocycles. The van der Waals surface area contributed by atoms with Crippen LogP contribution in [0.5, 0.6) is 0 Å². The molecule has 1 aromatic heterocycles. The molecule has 2 fully saturated rings. The lowest BCUT2D eigenvalue weighted by Crippen LogP contribution is -2.55. The Morgan fingerprint density at radius 3 is 2.52 bits per heavy atom. The van der Waals surface area contributed by atoms with E-state index < -0.39 is 0 Å². The molecule has 172 valence electrons. The average molecular weight is 445 g/mol. The topological polar surface area (TPSA) is 77.3 Å². The van der Waals surface area contributed by atoms with Crippen molar-refractivity contribution in [3.05, 3.63) is 64.0 Å². The van der Waals surface area contributed by atoms with E-state index in [0.717, 1.165) is 54.9 Å². The molecular formula is C27H32N4O2. The van der Waals surface area contributed by atoms with Crippen LogP contribution in [0.25, 0.3) is 0 Å². The van der Waals surface area contributed by atoms with Gasteiger partial charge in [0.25, 0.3) is 0 Å². The van der Waals surface area contributed by atoms with Crippen molar-refractivity contribution >= 4 is 11.7 Å². The van der Waals surface area contributed by atoms with E-state index in [0.29, 0.717) is 23.6 Å². The van der Waals surface area contributed by atoms with Crippen LogP contribution in [0, 0.1) is 31.1 Å². The smallest absolute Gasteiger partial charge is 0.226 e. The van der Waals surface area contributed by atoms with Crippen LogP contribution in [-0.2, 0) is 17.8 Å². The Morgan fingerprint density at radius 1 is 1.15 bits per heavy atom. The molecule has 2 aliphatic rings. The average Bonchev–Trinajstić information content (AvgIpc) is 2.75. The highest BCUT2D eigenvalue weighted by molar-refractivity contribution is 5.97. The number of aryl methyl sites for hydroxylation is 1. The maximum Gasteiger partial charge on any atom is 0.226 e. The van der Waals surface area contributed by atoms with Crippen LogP contribution in [-0.4, -0.2) is 52.2 Å². The van der Waals surface area contributed by atoms with Gasteiger partial charge in [0.15, 0.2) is 5.78 Å². The first kappa shape index (κ1) is 23.1. The van der Waals surface area contributed by atoms with E-state index in [9.17, 15) is 14.9 Å². The number of nitriles is 1. The third-order valence-corrected chi connectivity index (χ3v) is 7.18. The Balaban J connectivity index is 1.46. The first-order valence-corrected chi connectivity index (χ1v) is 11.9. The fourth-order valence-corrected chi connectivity index (χ4v) is 4.79. The van der Waals surface area contributed by atoms with Gasteiger partial charge in [-0.25, -0.2) is 0 Å². The third-order valence-electron chi connectivity index (χ3n) is 7.18. The number of benzene rings is 1. The second-order valence-corrected chi connectivity index (χ2v) is 9.56. The summed E-state index contributed by atoms with van der Waals surface area (Å²) in [5.41, 5.74) is 5.06. The molecular weight excluding hydrogens is 412 g/mol. The highest BCUT2D eigenvalue weighted by atomic mass is 16.2. The first-order valence-electron chi connectivity index (χ1n) is 11.9. The normalized spacial score (nSPS) is 19.1. The summed E-state index contributed by atoms with van der Waals surface area (Å²) in [6.07, 6.45) is 5.11. The molecule has 1 aromatic carbocycles. The number of piperazine rings is 1. The summed E-state index contributed by atoms with van der Waals surface area (Å²) in [4.78, 5) is 34.2. The molecule has 1 saturated heterocycles. The van der Waals surface area contributed by atoms with Crippen molar-refractivity contribution < 1.29 is 9.59 Å². The number of carbonyl (C=O) groups excluding carboxylic acids is 2. The van der Waals surface area contributed by atoms with E-state index in [1.165, 1.54) is 6.42 Å². The number of rotatable bonds is 6. The number of hydrogen-bond acceptors (Lipinski definition) is 5. The summed E-state index contributed by atoms with van der Waals surface area (Å²) in [6.45, 7) is 9.16. The zero-order valence-corrected chi connectivity index (χ0v) is 19.8. The van der Waals surface area contributed by atoms with Crippen LogP contribution in [0.3, 0.4) is 0 Å². The van der Waals surface area contributed by atoms with Gasteiger partial charge in [-0.1, -0.05) is 6.42 Å². The number of ketones is 1. The molecule has 2 heterocycles. The minimum absolute atomic E-state index is 0.00313. The molecule has 0 spiro atoms. The van der Waals surface area contributed by atoms with Gasteiger partial charge in [-0.15, -0.1) is 0 Å². The van der Waals surface area contributed by atoms with Crippen molar-refractivity contribution in [1.29, 1.82) is 5.26 Å². The molecule has 6 nitrogen and oxygen atoms in total. The summed E-state index contributed by atoms with van der Waals surface area (Å²) in [5.74, 6) is 0.559. The molecule has 0 bridgehead atoms. The number of aromatic nitrogens is 1. The van der Waals surface area contributed by atoms with Gasteiger partial charge in [0.1, 0.15) is 0 Å². The molecule has 2 aromatic rings. The van der Waals surface area contributed by atoms with Crippen molar-refractivity contribution in [3.8, 4) is 6.07 Å². The summed E-state index contributed by atoms with van der Waals surface area (Å²) in [6, 6.07) is 9.85. The first-order chi connectivity index (χ1) is 15.9. The van der Waals surface area contributed by atoms with E-state index >= 15 is 0 Å². The molecule has 6 heteroatoms. The van der Waals surface area contributed by atoms with E-state index in [4.69, 9.17) is 0 Å². The molecule has 1 amide bonds. The van der Waals surface area contributed by atoms with Crippen LogP contribution in [0.4, 0.5) is 0 Å². The monoisotopic (exact) mass is 444 g/mol. The maximum absolute atomic E-state index is 12.8. The fourth-order valence-electron chi connectivity index (χ4n) is 4.79. The molecule has 1 aliphatic carbocycles. The van der Waals surface area contributed by atoms with Crippen LogP contribution >= 0.6 is 0 Å². The molecule has 1 atom stereocenters. The predicted octanol–water partition coefficient (Wildman–Crippen LogP) is 3.83. The fraction of sp³-hybridized carbons (Fsp3) is 0.481. The summed E-state index contributed by atoms with van der Waals surface area (Å²) in [7, 11) is 0. The largest absolute Gasteiger partial charge is 0.337 e. The van der Waals surface area contributed by atoms with Crippen molar-refractivity contribution in [3.63, 3.8) is 0 Å². The van der Waals surface area contributed by atoms with Gasteiger partial charge in [-0.3, -0.25) is 19.5 Å². The van der Waals surface area contributed by atoms with Gasteiger partial charge >= 0.3 is 0 Å². The van der Waals surface area contributed by atoms with E-state index in [1.54, 1.807) is 12.3 Å². The van der Waals surface area contributed by atoms with Crippen LogP contribution in [0.15, 0.2) is 30.5 Å². The SMILES string of the molecule is Cc1ccc(C(=O)Cc2cc(C#N)cc(CN3CCN(C(=O)C4CCC4)[C@@H](C)C3)c2C)cn1. The lowest BCUT2D eigenvalue weighted by atomic mass is 9.84. The van der Waals surface area contributed by atoms with Gasteiger partial charge in [0.05, 0.1) is 11.6 Å². The van der Waals surface area contributed by atoms with Crippen LogP contribution in [0.2, 0.25) is 0 Å². The van der Waals surface area contributed by atoms with Gasteiger partial charge in [0.2, 0.25) is 5.91 Å².